The number of hydrogen-bond donors (Lipinski definition) is 1. The van der Waals surface area contributed by atoms with Crippen molar-refractivity contribution in [1.29, 1.82) is 0 Å². The maximum Gasteiger partial charge on any atom is 0.316 e. The van der Waals surface area contributed by atoms with Crippen molar-refractivity contribution < 1.29 is 9.53 Å². The zero-order chi connectivity index (χ0) is 22.1. The number of nitrogens with zero attached hydrogens (tertiary/aromatic N) is 2. The summed E-state index contributed by atoms with van der Waals surface area (Å²) < 4.78 is 8.57. The first-order chi connectivity index (χ1) is 14.8. The van der Waals surface area contributed by atoms with E-state index in [4.69, 9.17) is 4.74 Å². The van der Waals surface area contributed by atoms with E-state index in [1.165, 1.54) is 23.2 Å². The Morgan fingerprint density at radius 2 is 1.42 bits per heavy atom. The molecular formula is C24H21N3O4. The highest BCUT2D eigenvalue weighted by atomic mass is 16.5. The van der Waals surface area contributed by atoms with Gasteiger partial charge in [-0.05, 0) is 37.3 Å². The van der Waals surface area contributed by atoms with Crippen LogP contribution in [-0.2, 0) is 14.1 Å². The highest BCUT2D eigenvalue weighted by Crippen LogP contribution is 2.33. The Morgan fingerprint density at radius 1 is 0.839 bits per heavy atom. The lowest BCUT2D eigenvalue weighted by Crippen LogP contribution is -2.39. The van der Waals surface area contributed by atoms with Crippen LogP contribution in [0.2, 0.25) is 0 Å². The zero-order valence-corrected chi connectivity index (χ0v) is 17.4. The van der Waals surface area contributed by atoms with Crippen LogP contribution < -0.4 is 21.2 Å². The molecule has 4 aromatic rings. The first kappa shape index (κ1) is 20.2. The van der Waals surface area contributed by atoms with E-state index in [-0.39, 0.29) is 5.91 Å². The van der Waals surface area contributed by atoms with Crippen LogP contribution in [0.1, 0.15) is 15.9 Å². The molecule has 7 heteroatoms. The summed E-state index contributed by atoms with van der Waals surface area (Å²) >= 11 is 0. The Hall–Kier alpha value is -4.13. The number of aromatic nitrogens is 2. The second-order valence-electron chi connectivity index (χ2n) is 7.30. The third-order valence-electron chi connectivity index (χ3n) is 5.12. The summed E-state index contributed by atoms with van der Waals surface area (Å²) in [5.41, 5.74) is 1.63. The number of carbonyl (C=O) groups excluding carboxylic acids is 1. The molecular weight excluding hydrogens is 394 g/mol. The van der Waals surface area contributed by atoms with Crippen molar-refractivity contribution in [3.05, 3.63) is 98.6 Å². The summed E-state index contributed by atoms with van der Waals surface area (Å²) in [6, 6.07) is 19.6. The van der Waals surface area contributed by atoms with Gasteiger partial charge in [-0.1, -0.05) is 35.9 Å². The molecule has 156 valence electrons. The highest BCUT2D eigenvalue weighted by Gasteiger charge is 2.16. The summed E-state index contributed by atoms with van der Waals surface area (Å²) in [7, 11) is 3.05. The van der Waals surface area contributed by atoms with Crippen LogP contribution in [0.25, 0.3) is 11.0 Å². The fourth-order valence-corrected chi connectivity index (χ4v) is 3.30. The van der Waals surface area contributed by atoms with Gasteiger partial charge in [-0.15, -0.1) is 0 Å². The third kappa shape index (κ3) is 3.85. The topological polar surface area (TPSA) is 82.3 Å². The van der Waals surface area contributed by atoms with E-state index in [0.29, 0.717) is 33.8 Å². The van der Waals surface area contributed by atoms with E-state index in [2.05, 4.69) is 5.32 Å². The molecule has 1 aromatic heterocycles. The van der Waals surface area contributed by atoms with Crippen LogP contribution in [0.3, 0.4) is 0 Å². The van der Waals surface area contributed by atoms with E-state index in [1.54, 1.807) is 36.4 Å². The molecule has 1 N–H and O–H groups in total. The number of nitrogens with one attached hydrogen (secondary N) is 1. The van der Waals surface area contributed by atoms with Gasteiger partial charge in [0.05, 0.1) is 16.7 Å². The van der Waals surface area contributed by atoms with Gasteiger partial charge in [-0.25, -0.2) is 0 Å². The minimum Gasteiger partial charge on any atom is -0.455 e. The van der Waals surface area contributed by atoms with Crippen LogP contribution in [0.4, 0.5) is 5.69 Å². The summed E-state index contributed by atoms with van der Waals surface area (Å²) in [5, 5.41) is 2.87. The molecule has 31 heavy (non-hydrogen) atoms. The van der Waals surface area contributed by atoms with E-state index in [9.17, 15) is 14.4 Å². The second kappa shape index (κ2) is 7.95. The number of benzene rings is 3. The second-order valence-corrected chi connectivity index (χ2v) is 7.30. The van der Waals surface area contributed by atoms with Gasteiger partial charge >= 0.3 is 11.1 Å². The van der Waals surface area contributed by atoms with Crippen molar-refractivity contribution in [3.63, 3.8) is 0 Å². The molecule has 0 fully saturated rings. The predicted molar refractivity (Wildman–Crippen MR) is 120 cm³/mol. The third-order valence-corrected chi connectivity index (χ3v) is 5.12. The van der Waals surface area contributed by atoms with Crippen LogP contribution in [0.15, 0.2) is 76.3 Å². The lowest BCUT2D eigenvalue weighted by atomic mass is 10.1. The van der Waals surface area contributed by atoms with Gasteiger partial charge in [0.2, 0.25) is 0 Å². The summed E-state index contributed by atoms with van der Waals surface area (Å²) in [4.78, 5) is 37.4. The fourth-order valence-electron chi connectivity index (χ4n) is 3.30. The maximum absolute atomic E-state index is 12.8. The number of carbonyl (C=O) groups is 1. The minimum atomic E-state index is -0.650. The first-order valence-electron chi connectivity index (χ1n) is 9.70. The number of aryl methyl sites for hydroxylation is 3. The normalized spacial score (nSPS) is 10.8. The standard InChI is InChI=1S/C24H21N3O4/c1-15-9-11-16(12-10-15)22(28)25-18-13-19-20(27(3)24(30)23(29)26(19)2)14-21(18)31-17-7-5-4-6-8-17/h4-14H,1-3H3,(H,25,28). The van der Waals surface area contributed by atoms with Crippen molar-refractivity contribution in [2.24, 2.45) is 14.1 Å². The molecule has 0 saturated carbocycles. The number of rotatable bonds is 4. The Morgan fingerprint density at radius 3 is 2.03 bits per heavy atom. The molecule has 0 spiro atoms. The molecule has 7 nitrogen and oxygen atoms in total. The van der Waals surface area contributed by atoms with Crippen LogP contribution >= 0.6 is 0 Å². The Bertz CT molecular complexity index is 1400. The molecule has 0 unspecified atom stereocenters. The fraction of sp³-hybridized carbons (Fsp3) is 0.125. The van der Waals surface area contributed by atoms with Crippen molar-refractivity contribution in [2.45, 2.75) is 6.92 Å². The van der Waals surface area contributed by atoms with Gasteiger partial charge in [0.25, 0.3) is 5.91 Å². The molecule has 0 saturated heterocycles. The number of anilines is 1. The average molecular weight is 415 g/mol. The van der Waals surface area contributed by atoms with Gasteiger partial charge in [0.15, 0.2) is 5.75 Å². The number of para-hydroxylation sites is 1. The summed E-state index contributed by atoms with van der Waals surface area (Å²) in [5.74, 6) is 0.613. The van der Waals surface area contributed by atoms with E-state index in [1.807, 2.05) is 37.3 Å². The number of fused-ring (bicyclic) bond motifs is 1. The van der Waals surface area contributed by atoms with Crippen LogP contribution in [0, 0.1) is 6.92 Å². The molecule has 0 aliphatic heterocycles. The molecule has 1 heterocycles. The molecule has 0 bridgehead atoms. The lowest BCUT2D eigenvalue weighted by molar-refractivity contribution is 0.102. The van der Waals surface area contributed by atoms with Crippen molar-refractivity contribution in [3.8, 4) is 11.5 Å². The average Bonchev–Trinajstić information content (AvgIpc) is 2.78. The predicted octanol–water partition coefficient (Wildman–Crippen LogP) is 3.59. The SMILES string of the molecule is Cc1ccc(C(=O)Nc2cc3c(cc2Oc2ccccc2)n(C)c(=O)c(=O)n3C)cc1. The van der Waals surface area contributed by atoms with E-state index >= 15 is 0 Å². The van der Waals surface area contributed by atoms with Gasteiger partial charge < -0.3 is 19.2 Å². The largest absolute Gasteiger partial charge is 0.455 e. The maximum atomic E-state index is 12.8. The molecule has 0 radical (unpaired) electrons. The van der Waals surface area contributed by atoms with Gasteiger partial charge in [0.1, 0.15) is 5.75 Å². The smallest absolute Gasteiger partial charge is 0.316 e. The molecule has 0 aliphatic carbocycles. The number of ether oxygens (including phenoxy) is 1. The summed E-state index contributed by atoms with van der Waals surface area (Å²) in [6.45, 7) is 1.95. The zero-order valence-electron chi connectivity index (χ0n) is 17.4. The molecule has 0 atom stereocenters. The summed E-state index contributed by atoms with van der Waals surface area (Å²) in [6.07, 6.45) is 0. The van der Waals surface area contributed by atoms with Crippen molar-refractivity contribution >= 4 is 22.6 Å². The first-order valence-corrected chi connectivity index (χ1v) is 9.70. The van der Waals surface area contributed by atoms with E-state index in [0.717, 1.165) is 5.56 Å². The van der Waals surface area contributed by atoms with E-state index < -0.39 is 11.1 Å². The number of hydrogen-bond acceptors (Lipinski definition) is 4. The Labute approximate surface area is 178 Å². The minimum absolute atomic E-state index is 0.313. The monoisotopic (exact) mass is 415 g/mol. The number of amides is 1. The Kier molecular flexibility index (Phi) is 5.17. The quantitative estimate of drug-likeness (QED) is 0.517. The highest BCUT2D eigenvalue weighted by molar-refractivity contribution is 6.06. The molecule has 1 amide bonds. The van der Waals surface area contributed by atoms with Crippen molar-refractivity contribution in [2.75, 3.05) is 5.32 Å². The van der Waals surface area contributed by atoms with Gasteiger partial charge in [-0.3, -0.25) is 14.4 Å². The van der Waals surface area contributed by atoms with Gasteiger partial charge in [-0.2, -0.15) is 0 Å². The lowest BCUT2D eigenvalue weighted by Gasteiger charge is -2.16. The molecule has 0 aliphatic rings. The van der Waals surface area contributed by atoms with Crippen LogP contribution in [-0.4, -0.2) is 15.0 Å². The molecule has 4 rings (SSSR count). The van der Waals surface area contributed by atoms with Crippen molar-refractivity contribution in [1.82, 2.24) is 9.13 Å². The molecule has 3 aromatic carbocycles. The Balaban J connectivity index is 1.87. The van der Waals surface area contributed by atoms with Crippen LogP contribution in [0.5, 0.6) is 11.5 Å². The van der Waals surface area contributed by atoms with Gasteiger partial charge in [0, 0.05) is 25.7 Å².